The van der Waals surface area contributed by atoms with Gasteiger partial charge in [-0.1, -0.05) is 42.5 Å². The summed E-state index contributed by atoms with van der Waals surface area (Å²) in [5.41, 5.74) is 0.341. The summed E-state index contributed by atoms with van der Waals surface area (Å²) in [5.74, 6) is -1.63. The number of benzene rings is 2. The van der Waals surface area contributed by atoms with Gasteiger partial charge in [0.05, 0.1) is 29.3 Å². The number of ether oxygens (including phenoxy) is 1. The van der Waals surface area contributed by atoms with Crippen molar-refractivity contribution in [3.05, 3.63) is 94.3 Å². The van der Waals surface area contributed by atoms with Crippen LogP contribution in [0.1, 0.15) is 56.1 Å². The zero-order chi connectivity index (χ0) is 29.6. The summed E-state index contributed by atoms with van der Waals surface area (Å²) in [5, 5.41) is 15.8. The molecule has 3 heterocycles. The van der Waals surface area contributed by atoms with E-state index in [0.29, 0.717) is 50.2 Å². The Bertz CT molecular complexity index is 1530. The first-order valence-electron chi connectivity index (χ1n) is 13.7. The number of hydrogen-bond donors (Lipinski definition) is 3. The molecular formula is C30H29F3N4O5. The molecule has 2 amide bonds. The minimum atomic E-state index is -4.51. The Morgan fingerprint density at radius 1 is 1.12 bits per heavy atom. The number of nitrogens with one attached hydrogen (secondary N) is 2. The van der Waals surface area contributed by atoms with Gasteiger partial charge in [-0.15, -0.1) is 0 Å². The molecule has 0 unspecified atom stereocenters. The third-order valence-electron chi connectivity index (χ3n) is 8.34. The van der Waals surface area contributed by atoms with Crippen LogP contribution in [0, 0.1) is 0 Å². The molecule has 3 aromatic rings. The second-order valence-corrected chi connectivity index (χ2v) is 10.9. The highest BCUT2D eigenvalue weighted by Crippen LogP contribution is 2.53. The van der Waals surface area contributed by atoms with Crippen LogP contribution in [0.3, 0.4) is 0 Å². The predicted octanol–water partition coefficient (Wildman–Crippen LogP) is 4.16. The number of alkyl halides is 3. The van der Waals surface area contributed by atoms with Crippen molar-refractivity contribution < 1.29 is 37.4 Å². The van der Waals surface area contributed by atoms with E-state index in [1.165, 1.54) is 17.0 Å². The molecule has 220 valence electrons. The second-order valence-electron chi connectivity index (χ2n) is 10.9. The van der Waals surface area contributed by atoms with Crippen LogP contribution in [0.5, 0.6) is 0 Å². The molecule has 1 aliphatic carbocycles. The number of nitrogens with zero attached hydrogens (tertiary/aromatic N) is 2. The third-order valence-corrected chi connectivity index (χ3v) is 8.34. The molecule has 0 radical (unpaired) electrons. The topological polar surface area (TPSA) is 113 Å². The lowest BCUT2D eigenvalue weighted by molar-refractivity contribution is -0.137. The number of halogens is 3. The van der Waals surface area contributed by atoms with Crippen LogP contribution in [-0.4, -0.2) is 57.8 Å². The van der Waals surface area contributed by atoms with Crippen LogP contribution in [-0.2, 0) is 36.0 Å². The molecule has 9 nitrogen and oxygen atoms in total. The summed E-state index contributed by atoms with van der Waals surface area (Å²) in [6, 6.07) is 15.0. The van der Waals surface area contributed by atoms with Crippen molar-refractivity contribution >= 4 is 18.0 Å². The van der Waals surface area contributed by atoms with Crippen LogP contribution >= 0.6 is 0 Å². The van der Waals surface area contributed by atoms with Gasteiger partial charge in [0.1, 0.15) is 11.8 Å². The lowest BCUT2D eigenvalue weighted by Crippen LogP contribution is -2.48. The Morgan fingerprint density at radius 3 is 2.57 bits per heavy atom. The van der Waals surface area contributed by atoms with E-state index in [-0.39, 0.29) is 17.8 Å². The number of hydrogen-bond acceptors (Lipinski definition) is 5. The molecule has 12 heteroatoms. The van der Waals surface area contributed by atoms with E-state index >= 15 is 0 Å². The fourth-order valence-electron chi connectivity index (χ4n) is 6.05. The van der Waals surface area contributed by atoms with Crippen LogP contribution in [0.4, 0.5) is 18.0 Å². The van der Waals surface area contributed by atoms with Gasteiger partial charge < -0.3 is 25.0 Å². The fraction of sp³-hybridized carbons (Fsp3) is 0.367. The van der Waals surface area contributed by atoms with Crippen LogP contribution in [0.15, 0.2) is 60.7 Å². The number of carboxylic acids is 1. The Morgan fingerprint density at radius 2 is 1.88 bits per heavy atom. The highest BCUT2D eigenvalue weighted by molar-refractivity contribution is 5.98. The van der Waals surface area contributed by atoms with Gasteiger partial charge >= 0.3 is 18.2 Å². The van der Waals surface area contributed by atoms with Crippen LogP contribution < -0.4 is 10.6 Å². The maximum atomic E-state index is 13.6. The fourth-order valence-corrected chi connectivity index (χ4v) is 6.05. The number of cyclic esters (lactones) is 1. The largest absolute Gasteiger partial charge is 0.478 e. The van der Waals surface area contributed by atoms with Crippen LogP contribution in [0.25, 0.3) is 0 Å². The Hall–Kier alpha value is -4.32. The number of aromatic nitrogens is 1. The lowest BCUT2D eigenvalue weighted by Gasteiger charge is -2.28. The highest BCUT2D eigenvalue weighted by Gasteiger charge is 2.56. The van der Waals surface area contributed by atoms with Crippen molar-refractivity contribution in [1.82, 2.24) is 20.1 Å². The molecule has 2 atom stereocenters. The minimum Gasteiger partial charge on any atom is -0.478 e. The summed E-state index contributed by atoms with van der Waals surface area (Å²) in [7, 11) is 0. The average molecular weight is 583 g/mol. The molecule has 42 heavy (non-hydrogen) atoms. The van der Waals surface area contributed by atoms with E-state index in [1.807, 2.05) is 30.3 Å². The number of amides is 2. The third kappa shape index (κ3) is 5.11. The number of fused-ring (bicyclic) bond motifs is 1. The molecule has 1 saturated heterocycles. The Balaban J connectivity index is 1.28. The van der Waals surface area contributed by atoms with Gasteiger partial charge in [-0.2, -0.15) is 13.2 Å². The molecule has 3 aliphatic rings. The maximum absolute atomic E-state index is 13.6. The molecule has 2 aromatic carbocycles. The Kier molecular flexibility index (Phi) is 6.96. The molecule has 1 aromatic heterocycles. The quantitative estimate of drug-likeness (QED) is 0.368. The van der Waals surface area contributed by atoms with Gasteiger partial charge in [-0.05, 0) is 48.6 Å². The van der Waals surface area contributed by atoms with Crippen molar-refractivity contribution in [3.8, 4) is 0 Å². The van der Waals surface area contributed by atoms with E-state index < -0.39 is 47.4 Å². The van der Waals surface area contributed by atoms with E-state index in [1.54, 1.807) is 10.6 Å². The van der Waals surface area contributed by atoms with E-state index in [2.05, 4.69) is 10.6 Å². The number of aromatic carboxylic acids is 1. The molecule has 6 rings (SSSR count). The highest BCUT2D eigenvalue weighted by atomic mass is 19.4. The number of carboxylic acid groups (broad SMARTS) is 1. The molecule has 3 N–H and O–H groups in total. The first kappa shape index (κ1) is 27.8. The standard InChI is InChI=1S/C30H29F3N4O5/c31-30(32,33)20-8-4-7-19(14-20)29(9-10-29)37-17-25(42-28(37)41)22(13-18-5-2-1-3-6-18)35-26(38)23-15-21(27(39)40)24-16-34-11-12-36(23)24/h1-8,14-15,22,25,34H,9-13,16-17H2,(H,35,38)(H,39,40)/t22-,25+/m0/s1. The summed E-state index contributed by atoms with van der Waals surface area (Å²) in [4.78, 5) is 40.2. The van der Waals surface area contributed by atoms with Crippen molar-refractivity contribution in [2.75, 3.05) is 13.1 Å². The predicted molar refractivity (Wildman–Crippen MR) is 144 cm³/mol. The SMILES string of the molecule is O=C(O)c1cc(C(=O)N[C@@H](Cc2ccccc2)[C@H]2CN(C3(c4cccc(C(F)(F)F)c4)CC3)C(=O)O2)n2c1CNCC2. The molecular weight excluding hydrogens is 553 g/mol. The Labute approximate surface area is 239 Å². The second kappa shape index (κ2) is 10.5. The maximum Gasteiger partial charge on any atom is 0.416 e. The van der Waals surface area contributed by atoms with E-state index in [9.17, 15) is 32.7 Å². The lowest BCUT2D eigenvalue weighted by atomic mass is 9.98. The minimum absolute atomic E-state index is 0.0437. The summed E-state index contributed by atoms with van der Waals surface area (Å²) in [6.45, 7) is 1.38. The smallest absolute Gasteiger partial charge is 0.416 e. The summed E-state index contributed by atoms with van der Waals surface area (Å²) in [6.07, 6.45) is -4.65. The van der Waals surface area contributed by atoms with Crippen molar-refractivity contribution in [1.29, 1.82) is 0 Å². The molecule has 2 aliphatic heterocycles. The summed E-state index contributed by atoms with van der Waals surface area (Å²) >= 11 is 0. The molecule has 2 fully saturated rings. The van der Waals surface area contributed by atoms with Gasteiger partial charge in [-0.25, -0.2) is 9.59 Å². The van der Waals surface area contributed by atoms with Crippen LogP contribution in [0.2, 0.25) is 0 Å². The average Bonchev–Trinajstić information content (AvgIpc) is 3.53. The summed E-state index contributed by atoms with van der Waals surface area (Å²) < 4.78 is 47.8. The van der Waals surface area contributed by atoms with E-state index in [0.717, 1.165) is 17.7 Å². The first-order chi connectivity index (χ1) is 20.1. The zero-order valence-corrected chi connectivity index (χ0v) is 22.5. The molecule has 0 bridgehead atoms. The van der Waals surface area contributed by atoms with Gasteiger partial charge in [0.25, 0.3) is 5.91 Å². The monoisotopic (exact) mass is 582 g/mol. The van der Waals surface area contributed by atoms with Crippen molar-refractivity contribution in [3.63, 3.8) is 0 Å². The van der Waals surface area contributed by atoms with Gasteiger partial charge in [0.2, 0.25) is 0 Å². The van der Waals surface area contributed by atoms with Gasteiger partial charge in [0, 0.05) is 25.3 Å². The van der Waals surface area contributed by atoms with E-state index in [4.69, 9.17) is 4.74 Å². The molecule has 1 saturated carbocycles. The first-order valence-corrected chi connectivity index (χ1v) is 13.7. The van der Waals surface area contributed by atoms with Crippen molar-refractivity contribution in [2.45, 2.75) is 56.2 Å². The number of carbonyl (C=O) groups excluding carboxylic acids is 2. The molecule has 0 spiro atoms. The number of rotatable bonds is 8. The number of carbonyl (C=O) groups is 3. The van der Waals surface area contributed by atoms with Crippen molar-refractivity contribution in [2.24, 2.45) is 0 Å². The van der Waals surface area contributed by atoms with Gasteiger partial charge in [0.15, 0.2) is 0 Å². The zero-order valence-electron chi connectivity index (χ0n) is 22.5. The normalized spacial score (nSPS) is 20.0. The van der Waals surface area contributed by atoms with Gasteiger partial charge in [-0.3, -0.25) is 9.69 Å².